The number of methoxy groups -OCH3 is 1. The van der Waals surface area contributed by atoms with E-state index in [0.717, 1.165) is 0 Å². The van der Waals surface area contributed by atoms with Crippen LogP contribution in [-0.2, 0) is 23.9 Å². The molecule has 0 bridgehead atoms. The van der Waals surface area contributed by atoms with Crippen molar-refractivity contribution in [1.29, 1.82) is 0 Å². The van der Waals surface area contributed by atoms with Crippen molar-refractivity contribution >= 4 is 17.8 Å². The zero-order chi connectivity index (χ0) is 15.1. The minimum absolute atomic E-state index is 0.0866. The third kappa shape index (κ3) is 2.26. The Hall–Kier alpha value is -1.63. The van der Waals surface area contributed by atoms with Crippen molar-refractivity contribution in [3.05, 3.63) is 0 Å². The lowest BCUT2D eigenvalue weighted by Gasteiger charge is -2.34. The molecule has 1 N–H and O–H groups in total. The van der Waals surface area contributed by atoms with Crippen LogP contribution >= 0.6 is 0 Å². The number of esters is 1. The largest absolute Gasteiger partial charge is 0.481 e. The van der Waals surface area contributed by atoms with Gasteiger partial charge in [0, 0.05) is 6.54 Å². The van der Waals surface area contributed by atoms with Gasteiger partial charge >= 0.3 is 11.9 Å². The van der Waals surface area contributed by atoms with Gasteiger partial charge in [0.1, 0.15) is 0 Å². The molecule has 0 spiro atoms. The van der Waals surface area contributed by atoms with Crippen LogP contribution < -0.4 is 0 Å². The molecule has 1 saturated carbocycles. The summed E-state index contributed by atoms with van der Waals surface area (Å²) >= 11 is 0. The lowest BCUT2D eigenvalue weighted by atomic mass is 10.1. The van der Waals surface area contributed by atoms with Crippen molar-refractivity contribution in [3.63, 3.8) is 0 Å². The summed E-state index contributed by atoms with van der Waals surface area (Å²) in [7, 11) is 1.25. The first-order chi connectivity index (χ1) is 9.32. The lowest BCUT2D eigenvalue weighted by molar-refractivity contribution is -0.162. The number of aliphatic carboxylic acids is 1. The highest BCUT2D eigenvalue weighted by Crippen LogP contribution is 2.59. The van der Waals surface area contributed by atoms with E-state index < -0.39 is 35.2 Å². The van der Waals surface area contributed by atoms with Crippen molar-refractivity contribution in [2.75, 3.05) is 26.9 Å². The summed E-state index contributed by atoms with van der Waals surface area (Å²) < 4.78 is 9.87. The normalized spacial score (nSPS) is 31.6. The molecule has 1 aliphatic heterocycles. The topological polar surface area (TPSA) is 93.1 Å². The van der Waals surface area contributed by atoms with Crippen LogP contribution in [0.1, 0.15) is 13.8 Å². The van der Waals surface area contributed by atoms with Crippen molar-refractivity contribution < 1.29 is 29.0 Å². The van der Waals surface area contributed by atoms with Gasteiger partial charge in [-0.05, 0) is 5.41 Å². The van der Waals surface area contributed by atoms with Gasteiger partial charge in [-0.15, -0.1) is 0 Å². The standard InChI is InChI=1S/C13H19NO6/c1-13(2)8(9(13)11(16)17)10(15)14-4-5-20-6-7(14)12(18)19-3/h7-9H,4-6H2,1-3H3,(H,16,17). The number of hydrogen-bond donors (Lipinski definition) is 1. The molecule has 1 amide bonds. The molecule has 7 nitrogen and oxygen atoms in total. The molecule has 2 aliphatic rings. The SMILES string of the molecule is COC(=O)C1COCCN1C(=O)C1C(C(=O)O)C1(C)C. The predicted octanol–water partition coefficient (Wildman–Crippen LogP) is -0.256. The van der Waals surface area contributed by atoms with E-state index in [1.165, 1.54) is 12.0 Å². The first-order valence-electron chi connectivity index (χ1n) is 6.51. The number of amides is 1. The number of ether oxygens (including phenoxy) is 2. The Bertz CT molecular complexity index is 446. The van der Waals surface area contributed by atoms with Gasteiger partial charge in [0.15, 0.2) is 6.04 Å². The Morgan fingerprint density at radius 1 is 1.30 bits per heavy atom. The highest BCUT2D eigenvalue weighted by Gasteiger charge is 2.67. The fraction of sp³-hybridized carbons (Fsp3) is 0.769. The van der Waals surface area contributed by atoms with Crippen molar-refractivity contribution in [2.24, 2.45) is 17.3 Å². The molecule has 2 rings (SSSR count). The van der Waals surface area contributed by atoms with Gasteiger partial charge in [0.2, 0.25) is 5.91 Å². The van der Waals surface area contributed by atoms with Gasteiger partial charge in [-0.1, -0.05) is 13.8 Å². The lowest BCUT2D eigenvalue weighted by Crippen LogP contribution is -2.53. The minimum atomic E-state index is -0.976. The number of carbonyl (C=O) groups is 3. The van der Waals surface area contributed by atoms with Crippen LogP contribution in [0.25, 0.3) is 0 Å². The van der Waals surface area contributed by atoms with E-state index in [4.69, 9.17) is 9.84 Å². The first kappa shape index (κ1) is 14.8. The summed E-state index contributed by atoms with van der Waals surface area (Å²) in [6.07, 6.45) is 0. The molecular weight excluding hydrogens is 266 g/mol. The second-order valence-electron chi connectivity index (χ2n) is 5.76. The van der Waals surface area contributed by atoms with Crippen molar-refractivity contribution in [3.8, 4) is 0 Å². The van der Waals surface area contributed by atoms with Gasteiger partial charge in [-0.3, -0.25) is 9.59 Å². The number of carbonyl (C=O) groups excluding carboxylic acids is 2. The van der Waals surface area contributed by atoms with E-state index in [1.807, 2.05) is 0 Å². The van der Waals surface area contributed by atoms with E-state index >= 15 is 0 Å². The molecule has 3 atom stereocenters. The van der Waals surface area contributed by atoms with Crippen molar-refractivity contribution in [1.82, 2.24) is 4.90 Å². The molecule has 1 saturated heterocycles. The molecule has 3 unspecified atom stereocenters. The van der Waals surface area contributed by atoms with Crippen LogP contribution in [0.4, 0.5) is 0 Å². The molecule has 0 aromatic carbocycles. The highest BCUT2D eigenvalue weighted by molar-refractivity contribution is 5.94. The molecule has 2 fully saturated rings. The average Bonchev–Trinajstić information content (AvgIpc) is 3.00. The summed E-state index contributed by atoms with van der Waals surface area (Å²) in [5.74, 6) is -3.11. The molecular formula is C13H19NO6. The van der Waals surface area contributed by atoms with E-state index in [2.05, 4.69) is 4.74 Å². The van der Waals surface area contributed by atoms with Crippen LogP contribution in [0.2, 0.25) is 0 Å². The number of carboxylic acid groups (broad SMARTS) is 1. The zero-order valence-corrected chi connectivity index (χ0v) is 11.8. The fourth-order valence-corrected chi connectivity index (χ4v) is 2.94. The van der Waals surface area contributed by atoms with Crippen LogP contribution in [0.15, 0.2) is 0 Å². The van der Waals surface area contributed by atoms with Gasteiger partial charge in [0.05, 0.1) is 32.2 Å². The third-order valence-corrected chi connectivity index (χ3v) is 4.24. The fourth-order valence-electron chi connectivity index (χ4n) is 2.94. The Kier molecular flexibility index (Phi) is 3.73. The maximum absolute atomic E-state index is 12.5. The van der Waals surface area contributed by atoms with E-state index in [9.17, 15) is 14.4 Å². The average molecular weight is 285 g/mol. The molecule has 1 aliphatic carbocycles. The summed E-state index contributed by atoms with van der Waals surface area (Å²) in [5, 5.41) is 9.14. The third-order valence-electron chi connectivity index (χ3n) is 4.24. The molecule has 7 heteroatoms. The van der Waals surface area contributed by atoms with Crippen LogP contribution in [0.5, 0.6) is 0 Å². The molecule has 20 heavy (non-hydrogen) atoms. The number of rotatable bonds is 3. The smallest absolute Gasteiger partial charge is 0.331 e. The molecule has 1 heterocycles. The number of nitrogens with zero attached hydrogens (tertiary/aromatic N) is 1. The van der Waals surface area contributed by atoms with Gasteiger partial charge in [0.25, 0.3) is 0 Å². The summed E-state index contributed by atoms with van der Waals surface area (Å²) in [5.41, 5.74) is -0.581. The Morgan fingerprint density at radius 3 is 2.45 bits per heavy atom. The quantitative estimate of drug-likeness (QED) is 0.718. The second kappa shape index (κ2) is 5.05. The van der Waals surface area contributed by atoms with Crippen LogP contribution in [0.3, 0.4) is 0 Å². The van der Waals surface area contributed by atoms with E-state index in [1.54, 1.807) is 13.8 Å². The number of morpholine rings is 1. The van der Waals surface area contributed by atoms with Gasteiger partial charge in [-0.25, -0.2) is 4.79 Å². The maximum Gasteiger partial charge on any atom is 0.331 e. The van der Waals surface area contributed by atoms with Gasteiger partial charge < -0.3 is 19.5 Å². The van der Waals surface area contributed by atoms with Crippen molar-refractivity contribution in [2.45, 2.75) is 19.9 Å². The monoisotopic (exact) mass is 285 g/mol. The van der Waals surface area contributed by atoms with Crippen LogP contribution in [-0.4, -0.2) is 60.8 Å². The minimum Gasteiger partial charge on any atom is -0.481 e. The van der Waals surface area contributed by atoms with Gasteiger partial charge in [-0.2, -0.15) is 0 Å². The second-order valence-corrected chi connectivity index (χ2v) is 5.76. The first-order valence-corrected chi connectivity index (χ1v) is 6.51. The Balaban J connectivity index is 2.15. The molecule has 0 radical (unpaired) electrons. The molecule has 112 valence electrons. The predicted molar refractivity (Wildman–Crippen MR) is 66.7 cm³/mol. The molecule has 0 aromatic heterocycles. The molecule has 0 aromatic rings. The summed E-state index contributed by atoms with van der Waals surface area (Å²) in [4.78, 5) is 36.8. The Labute approximate surface area is 116 Å². The maximum atomic E-state index is 12.5. The Morgan fingerprint density at radius 2 is 1.95 bits per heavy atom. The highest BCUT2D eigenvalue weighted by atomic mass is 16.5. The number of hydrogen-bond acceptors (Lipinski definition) is 5. The van der Waals surface area contributed by atoms with E-state index in [0.29, 0.717) is 6.61 Å². The summed E-state index contributed by atoms with van der Waals surface area (Å²) in [6, 6.07) is -0.785. The number of carboxylic acids is 1. The summed E-state index contributed by atoms with van der Waals surface area (Å²) in [6.45, 7) is 4.20. The van der Waals surface area contributed by atoms with Crippen LogP contribution in [0, 0.1) is 17.3 Å². The zero-order valence-electron chi connectivity index (χ0n) is 11.8. The van der Waals surface area contributed by atoms with E-state index in [-0.39, 0.29) is 19.1 Å².